The van der Waals surface area contributed by atoms with Crippen LogP contribution in [0.4, 0.5) is 0 Å². The third kappa shape index (κ3) is 2.29. The van der Waals surface area contributed by atoms with Gasteiger partial charge < -0.3 is 9.64 Å². The third-order valence-corrected chi connectivity index (χ3v) is 6.32. The molecule has 1 saturated carbocycles. The van der Waals surface area contributed by atoms with Crippen molar-refractivity contribution in [3.05, 3.63) is 30.1 Å². The molecule has 5 nitrogen and oxygen atoms in total. The van der Waals surface area contributed by atoms with Crippen LogP contribution in [0.1, 0.15) is 12.0 Å². The fourth-order valence-corrected chi connectivity index (χ4v) is 4.97. The van der Waals surface area contributed by atoms with Crippen LogP contribution in [0.2, 0.25) is 0 Å². The van der Waals surface area contributed by atoms with Gasteiger partial charge in [0, 0.05) is 44.0 Å². The first-order valence-electron chi connectivity index (χ1n) is 8.81. The van der Waals surface area contributed by atoms with E-state index >= 15 is 0 Å². The number of ether oxygens (including phenoxy) is 1. The van der Waals surface area contributed by atoms with E-state index in [9.17, 15) is 4.79 Å². The Morgan fingerprint density at radius 3 is 2.96 bits per heavy atom. The third-order valence-electron chi connectivity index (χ3n) is 6.32. The number of amides is 1. The Bertz CT molecular complexity index is 598. The molecule has 1 unspecified atom stereocenters. The molecule has 4 heterocycles. The maximum absolute atomic E-state index is 12.8. The number of carbonyl (C=O) groups excluding carboxylic acids is 1. The van der Waals surface area contributed by atoms with Crippen molar-refractivity contribution >= 4 is 5.91 Å². The zero-order chi connectivity index (χ0) is 15.4. The molecular formula is C18H23N3O2. The summed E-state index contributed by atoms with van der Waals surface area (Å²) in [4.78, 5) is 21.7. The van der Waals surface area contributed by atoms with Gasteiger partial charge in [0.25, 0.3) is 0 Å². The van der Waals surface area contributed by atoms with E-state index in [-0.39, 0.29) is 5.92 Å². The van der Waals surface area contributed by atoms with Crippen LogP contribution in [0.25, 0.3) is 0 Å². The molecular weight excluding hydrogens is 290 g/mol. The van der Waals surface area contributed by atoms with Gasteiger partial charge in [-0.2, -0.15) is 0 Å². The van der Waals surface area contributed by atoms with E-state index in [0.717, 1.165) is 39.4 Å². The van der Waals surface area contributed by atoms with Gasteiger partial charge in [0.2, 0.25) is 5.91 Å². The normalized spacial score (nSPS) is 38.6. The second-order valence-electron chi connectivity index (χ2n) is 7.58. The lowest BCUT2D eigenvalue weighted by molar-refractivity contribution is -0.133. The molecule has 1 aromatic heterocycles. The molecule has 3 aliphatic heterocycles. The molecule has 0 aromatic carbocycles. The van der Waals surface area contributed by atoms with Gasteiger partial charge in [-0.25, -0.2) is 0 Å². The van der Waals surface area contributed by atoms with Gasteiger partial charge in [-0.1, -0.05) is 6.07 Å². The second kappa shape index (κ2) is 5.28. The second-order valence-corrected chi connectivity index (χ2v) is 7.58. The number of rotatable bonds is 3. The monoisotopic (exact) mass is 313 g/mol. The molecule has 5 rings (SSSR count). The Kier molecular flexibility index (Phi) is 3.20. The van der Waals surface area contributed by atoms with Crippen LogP contribution in [0.15, 0.2) is 24.5 Å². The largest absolute Gasteiger partial charge is 0.381 e. The summed E-state index contributed by atoms with van der Waals surface area (Å²) < 4.78 is 5.42. The lowest BCUT2D eigenvalue weighted by Crippen LogP contribution is -2.38. The minimum absolute atomic E-state index is 0.273. The fourth-order valence-electron chi connectivity index (χ4n) is 4.97. The summed E-state index contributed by atoms with van der Waals surface area (Å²) in [5, 5.41) is 0. The standard InChI is InChI=1S/C18H23N3O2/c22-18(17-14-10-23-11-15(14)17)21-8-13-3-5-20(16(13)9-21)7-12-2-1-4-19-6-12/h1-2,4,6,13-17H,3,5,7-11H2/t13-,14-,15+,16+,17?/m0/s1. The highest BCUT2D eigenvalue weighted by atomic mass is 16.5. The lowest BCUT2D eigenvalue weighted by Gasteiger charge is -2.25. The maximum atomic E-state index is 12.8. The number of likely N-dealkylation sites (tertiary alicyclic amines) is 2. The molecule has 5 heteroatoms. The molecule has 4 fully saturated rings. The maximum Gasteiger partial charge on any atom is 0.226 e. The van der Waals surface area contributed by atoms with Crippen molar-refractivity contribution < 1.29 is 9.53 Å². The number of carbonyl (C=O) groups is 1. The SMILES string of the molecule is O=C(C1[C@H]2COC[C@@H]12)N1C[C@@H]2CCN(Cc3cccnc3)[C@@H]2C1. The number of hydrogen-bond donors (Lipinski definition) is 0. The Hall–Kier alpha value is -1.46. The van der Waals surface area contributed by atoms with Crippen LogP contribution in [-0.2, 0) is 16.1 Å². The molecule has 0 radical (unpaired) electrons. The van der Waals surface area contributed by atoms with E-state index in [4.69, 9.17) is 4.74 Å². The van der Waals surface area contributed by atoms with E-state index < -0.39 is 0 Å². The van der Waals surface area contributed by atoms with E-state index in [2.05, 4.69) is 20.9 Å². The van der Waals surface area contributed by atoms with Gasteiger partial charge in [-0.3, -0.25) is 14.7 Å². The van der Waals surface area contributed by atoms with Crippen LogP contribution in [0.3, 0.4) is 0 Å². The summed E-state index contributed by atoms with van der Waals surface area (Å²) in [7, 11) is 0. The predicted octanol–water partition coefficient (Wildman–Crippen LogP) is 1.01. The van der Waals surface area contributed by atoms with Crippen molar-refractivity contribution in [3.63, 3.8) is 0 Å². The average Bonchev–Trinajstić information content (AvgIpc) is 2.98. The van der Waals surface area contributed by atoms with Gasteiger partial charge in [-0.15, -0.1) is 0 Å². The summed E-state index contributed by atoms with van der Waals surface area (Å²) in [5.74, 6) is 2.38. The van der Waals surface area contributed by atoms with Gasteiger partial charge in [0.1, 0.15) is 0 Å². The highest BCUT2D eigenvalue weighted by Crippen LogP contribution is 2.52. The molecule has 122 valence electrons. The Balaban J connectivity index is 1.23. The number of hydrogen-bond acceptors (Lipinski definition) is 4. The van der Waals surface area contributed by atoms with E-state index in [1.807, 2.05) is 18.5 Å². The van der Waals surface area contributed by atoms with Crippen LogP contribution in [0.5, 0.6) is 0 Å². The zero-order valence-electron chi connectivity index (χ0n) is 13.3. The first kappa shape index (κ1) is 13.9. The molecule has 23 heavy (non-hydrogen) atoms. The Morgan fingerprint density at radius 2 is 2.17 bits per heavy atom. The molecule has 0 spiro atoms. The van der Waals surface area contributed by atoms with E-state index in [1.165, 1.54) is 12.0 Å². The number of pyridine rings is 1. The van der Waals surface area contributed by atoms with Crippen molar-refractivity contribution in [2.45, 2.75) is 19.0 Å². The van der Waals surface area contributed by atoms with Gasteiger partial charge in [-0.05, 0) is 42.3 Å². The molecule has 1 aliphatic carbocycles. The van der Waals surface area contributed by atoms with Crippen molar-refractivity contribution in [1.29, 1.82) is 0 Å². The van der Waals surface area contributed by atoms with Crippen LogP contribution in [0, 0.1) is 23.7 Å². The number of fused-ring (bicyclic) bond motifs is 2. The summed E-state index contributed by atoms with van der Waals surface area (Å²) >= 11 is 0. The van der Waals surface area contributed by atoms with Crippen molar-refractivity contribution in [2.75, 3.05) is 32.8 Å². The highest BCUT2D eigenvalue weighted by molar-refractivity contribution is 5.83. The van der Waals surface area contributed by atoms with Crippen molar-refractivity contribution in [3.8, 4) is 0 Å². The summed E-state index contributed by atoms with van der Waals surface area (Å²) in [6, 6.07) is 4.68. The molecule has 3 saturated heterocycles. The lowest BCUT2D eigenvalue weighted by atomic mass is 10.1. The van der Waals surface area contributed by atoms with Crippen LogP contribution < -0.4 is 0 Å². The predicted molar refractivity (Wildman–Crippen MR) is 84.4 cm³/mol. The smallest absolute Gasteiger partial charge is 0.226 e. The average molecular weight is 313 g/mol. The van der Waals surface area contributed by atoms with Gasteiger partial charge in [0.15, 0.2) is 0 Å². The van der Waals surface area contributed by atoms with E-state index in [0.29, 0.717) is 29.7 Å². The first-order valence-corrected chi connectivity index (χ1v) is 8.81. The fraction of sp³-hybridized carbons (Fsp3) is 0.667. The van der Waals surface area contributed by atoms with E-state index in [1.54, 1.807) is 0 Å². The van der Waals surface area contributed by atoms with Gasteiger partial charge in [0.05, 0.1) is 13.2 Å². The minimum atomic E-state index is 0.273. The number of aromatic nitrogens is 1. The van der Waals surface area contributed by atoms with Crippen molar-refractivity contribution in [2.24, 2.45) is 23.7 Å². The first-order chi connectivity index (χ1) is 11.3. The molecule has 5 atom stereocenters. The van der Waals surface area contributed by atoms with Crippen LogP contribution >= 0.6 is 0 Å². The Morgan fingerprint density at radius 1 is 1.30 bits per heavy atom. The Labute approximate surface area is 136 Å². The zero-order valence-corrected chi connectivity index (χ0v) is 13.3. The summed E-state index contributed by atoms with van der Waals surface area (Å²) in [6.07, 6.45) is 4.99. The highest BCUT2D eigenvalue weighted by Gasteiger charge is 2.60. The number of nitrogens with zero attached hydrogens (tertiary/aromatic N) is 3. The van der Waals surface area contributed by atoms with Crippen LogP contribution in [-0.4, -0.2) is 59.6 Å². The van der Waals surface area contributed by atoms with Gasteiger partial charge >= 0.3 is 0 Å². The molecule has 0 bridgehead atoms. The topological polar surface area (TPSA) is 45.7 Å². The molecule has 1 amide bonds. The quantitative estimate of drug-likeness (QED) is 0.835. The summed E-state index contributed by atoms with van der Waals surface area (Å²) in [5.41, 5.74) is 1.27. The molecule has 1 aromatic rings. The summed E-state index contributed by atoms with van der Waals surface area (Å²) in [6.45, 7) is 5.59. The van der Waals surface area contributed by atoms with Crippen molar-refractivity contribution in [1.82, 2.24) is 14.8 Å². The minimum Gasteiger partial charge on any atom is -0.381 e. The molecule has 4 aliphatic rings. The molecule has 0 N–H and O–H groups in total.